The van der Waals surface area contributed by atoms with E-state index in [0.29, 0.717) is 36.3 Å². The van der Waals surface area contributed by atoms with E-state index in [1.165, 1.54) is 0 Å². The van der Waals surface area contributed by atoms with E-state index in [-0.39, 0.29) is 12.5 Å². The summed E-state index contributed by atoms with van der Waals surface area (Å²) in [7, 11) is 0. The molecule has 0 aliphatic heterocycles. The molecule has 0 spiro atoms. The van der Waals surface area contributed by atoms with Gasteiger partial charge in [0.1, 0.15) is 17.5 Å². The van der Waals surface area contributed by atoms with E-state index in [9.17, 15) is 4.79 Å². The SMILES string of the molecule is CCc1nc(N)c(C)c(N(CC(N)=O)CC(C)C)n1. The number of nitrogens with two attached hydrogens (primary N) is 2. The van der Waals surface area contributed by atoms with Crippen molar-refractivity contribution in [2.24, 2.45) is 11.7 Å². The molecule has 106 valence electrons. The van der Waals surface area contributed by atoms with Crippen LogP contribution >= 0.6 is 0 Å². The van der Waals surface area contributed by atoms with Gasteiger partial charge in [0.15, 0.2) is 0 Å². The summed E-state index contributed by atoms with van der Waals surface area (Å²) >= 11 is 0. The van der Waals surface area contributed by atoms with Crippen LogP contribution in [-0.4, -0.2) is 29.0 Å². The van der Waals surface area contributed by atoms with Crippen molar-refractivity contribution in [1.29, 1.82) is 0 Å². The number of hydrogen-bond acceptors (Lipinski definition) is 5. The second-order valence-corrected chi connectivity index (χ2v) is 5.07. The first-order valence-electron chi connectivity index (χ1n) is 6.51. The number of nitrogens with zero attached hydrogens (tertiary/aromatic N) is 3. The molecule has 0 saturated carbocycles. The van der Waals surface area contributed by atoms with E-state index in [0.717, 1.165) is 5.56 Å². The van der Waals surface area contributed by atoms with Crippen molar-refractivity contribution in [1.82, 2.24) is 9.97 Å². The summed E-state index contributed by atoms with van der Waals surface area (Å²) in [6, 6.07) is 0. The maximum Gasteiger partial charge on any atom is 0.236 e. The molecule has 0 bridgehead atoms. The second-order valence-electron chi connectivity index (χ2n) is 5.07. The Kier molecular flexibility index (Phi) is 5.09. The Labute approximate surface area is 114 Å². The molecule has 0 aliphatic rings. The molecule has 19 heavy (non-hydrogen) atoms. The lowest BCUT2D eigenvalue weighted by atomic mass is 10.2. The van der Waals surface area contributed by atoms with Gasteiger partial charge in [-0.2, -0.15) is 0 Å². The predicted molar refractivity (Wildman–Crippen MR) is 76.8 cm³/mol. The second kappa shape index (κ2) is 6.36. The van der Waals surface area contributed by atoms with E-state index in [4.69, 9.17) is 11.5 Å². The summed E-state index contributed by atoms with van der Waals surface area (Å²) in [5.74, 6) is 1.85. The summed E-state index contributed by atoms with van der Waals surface area (Å²) in [4.78, 5) is 21.8. The standard InChI is InChI=1S/C13H23N5O/c1-5-11-16-12(15)9(4)13(17-11)18(6-8(2)3)7-10(14)19/h8H,5-7H2,1-4H3,(H2,14,19)(H2,15,16,17). The average Bonchev–Trinajstić information content (AvgIpc) is 2.30. The van der Waals surface area contributed by atoms with Crippen LogP contribution in [0.25, 0.3) is 0 Å². The molecular weight excluding hydrogens is 242 g/mol. The Morgan fingerprint density at radius 1 is 1.37 bits per heavy atom. The van der Waals surface area contributed by atoms with Crippen molar-refractivity contribution in [3.05, 3.63) is 11.4 Å². The van der Waals surface area contributed by atoms with E-state index in [2.05, 4.69) is 23.8 Å². The minimum Gasteiger partial charge on any atom is -0.383 e. The molecule has 1 aromatic heterocycles. The number of aromatic nitrogens is 2. The topological polar surface area (TPSA) is 98.1 Å². The highest BCUT2D eigenvalue weighted by Gasteiger charge is 2.17. The minimum atomic E-state index is -0.379. The van der Waals surface area contributed by atoms with E-state index in [1.54, 1.807) is 0 Å². The maximum atomic E-state index is 11.2. The molecule has 0 unspecified atom stereocenters. The van der Waals surface area contributed by atoms with Crippen LogP contribution in [0.1, 0.15) is 32.2 Å². The van der Waals surface area contributed by atoms with Crippen molar-refractivity contribution < 1.29 is 4.79 Å². The first-order valence-corrected chi connectivity index (χ1v) is 6.51. The quantitative estimate of drug-likeness (QED) is 0.795. The van der Waals surface area contributed by atoms with Crippen molar-refractivity contribution in [2.45, 2.75) is 34.1 Å². The molecule has 6 heteroatoms. The highest BCUT2D eigenvalue weighted by molar-refractivity contribution is 5.79. The van der Waals surface area contributed by atoms with Gasteiger partial charge in [-0.3, -0.25) is 4.79 Å². The van der Waals surface area contributed by atoms with Crippen molar-refractivity contribution >= 4 is 17.5 Å². The van der Waals surface area contributed by atoms with Crippen LogP contribution in [0.4, 0.5) is 11.6 Å². The number of carbonyl (C=O) groups excluding carboxylic acids is 1. The molecule has 0 aromatic carbocycles. The zero-order valence-corrected chi connectivity index (χ0v) is 12.1. The molecule has 0 radical (unpaired) electrons. The number of rotatable bonds is 6. The molecule has 6 nitrogen and oxygen atoms in total. The van der Waals surface area contributed by atoms with Gasteiger partial charge in [0.2, 0.25) is 5.91 Å². The van der Waals surface area contributed by atoms with Gasteiger partial charge in [-0.15, -0.1) is 0 Å². The fourth-order valence-corrected chi connectivity index (χ4v) is 1.89. The van der Waals surface area contributed by atoms with Gasteiger partial charge in [0, 0.05) is 18.5 Å². The Bertz CT molecular complexity index is 459. The van der Waals surface area contributed by atoms with Gasteiger partial charge >= 0.3 is 0 Å². The number of primary amides is 1. The third-order valence-electron chi connectivity index (χ3n) is 2.75. The number of nitrogen functional groups attached to an aromatic ring is 1. The molecule has 4 N–H and O–H groups in total. The van der Waals surface area contributed by atoms with Crippen molar-refractivity contribution in [2.75, 3.05) is 23.7 Å². The normalized spacial score (nSPS) is 10.8. The van der Waals surface area contributed by atoms with Crippen LogP contribution in [0.3, 0.4) is 0 Å². The lowest BCUT2D eigenvalue weighted by Crippen LogP contribution is -2.37. The van der Waals surface area contributed by atoms with Gasteiger partial charge in [0.25, 0.3) is 0 Å². The maximum absolute atomic E-state index is 11.2. The van der Waals surface area contributed by atoms with Gasteiger partial charge in [-0.1, -0.05) is 20.8 Å². The van der Waals surface area contributed by atoms with Gasteiger partial charge in [0.05, 0.1) is 6.54 Å². The smallest absolute Gasteiger partial charge is 0.236 e. The third-order valence-corrected chi connectivity index (χ3v) is 2.75. The van der Waals surface area contributed by atoms with Crippen LogP contribution < -0.4 is 16.4 Å². The monoisotopic (exact) mass is 265 g/mol. The number of amides is 1. The third kappa shape index (κ3) is 4.08. The lowest BCUT2D eigenvalue weighted by Gasteiger charge is -2.26. The molecule has 1 heterocycles. The average molecular weight is 265 g/mol. The molecule has 1 rings (SSSR count). The highest BCUT2D eigenvalue weighted by atomic mass is 16.1. The molecule has 1 amide bonds. The van der Waals surface area contributed by atoms with Crippen LogP contribution in [0.15, 0.2) is 0 Å². The van der Waals surface area contributed by atoms with Gasteiger partial charge in [-0.25, -0.2) is 9.97 Å². The zero-order valence-electron chi connectivity index (χ0n) is 12.1. The van der Waals surface area contributed by atoms with Crippen molar-refractivity contribution in [3.63, 3.8) is 0 Å². The highest BCUT2D eigenvalue weighted by Crippen LogP contribution is 2.22. The van der Waals surface area contributed by atoms with E-state index >= 15 is 0 Å². The van der Waals surface area contributed by atoms with Gasteiger partial charge in [-0.05, 0) is 12.8 Å². The minimum absolute atomic E-state index is 0.138. The molecule has 1 aromatic rings. The zero-order chi connectivity index (χ0) is 14.6. The van der Waals surface area contributed by atoms with E-state index in [1.807, 2.05) is 18.7 Å². The van der Waals surface area contributed by atoms with E-state index < -0.39 is 0 Å². The molecule has 0 fully saturated rings. The number of aryl methyl sites for hydroxylation is 1. The predicted octanol–water partition coefficient (Wildman–Crippen LogP) is 0.877. The van der Waals surface area contributed by atoms with Crippen molar-refractivity contribution in [3.8, 4) is 0 Å². The summed E-state index contributed by atoms with van der Waals surface area (Å²) < 4.78 is 0. The lowest BCUT2D eigenvalue weighted by molar-refractivity contribution is -0.116. The first kappa shape index (κ1) is 15.2. The molecular formula is C13H23N5O. The molecule has 0 saturated heterocycles. The Morgan fingerprint density at radius 3 is 2.47 bits per heavy atom. The number of carbonyl (C=O) groups is 1. The number of hydrogen-bond donors (Lipinski definition) is 2. The first-order chi connectivity index (χ1) is 8.85. The summed E-state index contributed by atoms with van der Waals surface area (Å²) in [5.41, 5.74) is 12.0. The number of anilines is 2. The van der Waals surface area contributed by atoms with Crippen LogP contribution in [-0.2, 0) is 11.2 Å². The summed E-state index contributed by atoms with van der Waals surface area (Å²) in [6.45, 7) is 8.82. The fourth-order valence-electron chi connectivity index (χ4n) is 1.89. The fraction of sp³-hybridized carbons (Fsp3) is 0.615. The molecule has 0 aliphatic carbocycles. The Hall–Kier alpha value is -1.85. The van der Waals surface area contributed by atoms with Crippen LogP contribution in [0, 0.1) is 12.8 Å². The molecule has 0 atom stereocenters. The Balaban J connectivity index is 3.19. The Morgan fingerprint density at radius 2 is 2.00 bits per heavy atom. The van der Waals surface area contributed by atoms with Gasteiger partial charge < -0.3 is 16.4 Å². The van der Waals surface area contributed by atoms with Crippen LogP contribution in [0.5, 0.6) is 0 Å². The summed E-state index contributed by atoms with van der Waals surface area (Å²) in [5, 5.41) is 0. The largest absolute Gasteiger partial charge is 0.383 e. The van der Waals surface area contributed by atoms with Crippen LogP contribution in [0.2, 0.25) is 0 Å². The summed E-state index contributed by atoms with van der Waals surface area (Å²) in [6.07, 6.45) is 0.698.